The zero-order valence-corrected chi connectivity index (χ0v) is 14.2. The van der Waals surface area contributed by atoms with Gasteiger partial charge in [-0.1, -0.05) is 15.9 Å². The second-order valence-electron chi connectivity index (χ2n) is 4.82. The molecule has 0 heterocycles. The van der Waals surface area contributed by atoms with Gasteiger partial charge in [-0.2, -0.15) is 0 Å². The van der Waals surface area contributed by atoms with E-state index in [0.29, 0.717) is 25.4 Å². The number of rotatable bonds is 9. The first-order valence-corrected chi connectivity index (χ1v) is 8.09. The number of esters is 1. The van der Waals surface area contributed by atoms with Crippen LogP contribution in [0.1, 0.15) is 51.2 Å². The van der Waals surface area contributed by atoms with Crippen molar-refractivity contribution in [1.82, 2.24) is 0 Å². The van der Waals surface area contributed by atoms with E-state index in [1.165, 1.54) is 0 Å². The third-order valence-electron chi connectivity index (χ3n) is 3.01. The van der Waals surface area contributed by atoms with Gasteiger partial charge in [0, 0.05) is 16.5 Å². The van der Waals surface area contributed by atoms with Crippen LogP contribution in [0.4, 0.5) is 0 Å². The molecule has 0 aliphatic rings. The normalized spacial score (nSPS) is 12.0. The van der Waals surface area contributed by atoms with Gasteiger partial charge >= 0.3 is 5.97 Å². The van der Waals surface area contributed by atoms with Crippen LogP contribution >= 0.6 is 15.9 Å². The van der Waals surface area contributed by atoms with Gasteiger partial charge in [0.2, 0.25) is 0 Å². The topological polar surface area (TPSA) is 55.8 Å². The fourth-order valence-corrected chi connectivity index (χ4v) is 2.32. The zero-order chi connectivity index (χ0) is 15.7. The Hall–Kier alpha value is -1.07. The number of carbonyl (C=O) groups excluding carboxylic acids is 1. The fourth-order valence-electron chi connectivity index (χ4n) is 1.94. The fraction of sp³-hybridized carbons (Fsp3) is 0.562. The summed E-state index contributed by atoms with van der Waals surface area (Å²) in [6.07, 6.45) is 2.49. The largest absolute Gasteiger partial charge is 0.493 e. The van der Waals surface area contributed by atoms with E-state index in [2.05, 4.69) is 15.9 Å². The first kappa shape index (κ1) is 18.0. The number of aliphatic hydroxyl groups excluding tert-OH is 1. The molecule has 0 fully saturated rings. The number of benzene rings is 1. The van der Waals surface area contributed by atoms with Crippen molar-refractivity contribution in [3.63, 3.8) is 0 Å². The standard InChI is InChI=1S/C16H23BrO4/c1-3-20-16(19)7-5-4-6-10-21-15-9-8-13(17)11-14(15)12(2)18/h8-9,11-12,18H,3-7,10H2,1-2H3. The molecule has 0 saturated heterocycles. The van der Waals surface area contributed by atoms with Gasteiger partial charge in [0.05, 0.1) is 19.3 Å². The lowest BCUT2D eigenvalue weighted by Crippen LogP contribution is -2.05. The molecule has 0 aromatic heterocycles. The van der Waals surface area contributed by atoms with Gasteiger partial charge in [0.15, 0.2) is 0 Å². The van der Waals surface area contributed by atoms with Crippen LogP contribution in [0.5, 0.6) is 5.75 Å². The van der Waals surface area contributed by atoms with E-state index >= 15 is 0 Å². The van der Waals surface area contributed by atoms with Crippen LogP contribution in [0, 0.1) is 0 Å². The van der Waals surface area contributed by atoms with Crippen molar-refractivity contribution < 1.29 is 19.4 Å². The summed E-state index contributed by atoms with van der Waals surface area (Å²) in [5, 5.41) is 9.73. The van der Waals surface area contributed by atoms with E-state index in [9.17, 15) is 9.90 Å². The molecule has 0 bridgehead atoms. The lowest BCUT2D eigenvalue weighted by Gasteiger charge is -2.13. The van der Waals surface area contributed by atoms with Crippen LogP contribution in [0.25, 0.3) is 0 Å². The van der Waals surface area contributed by atoms with Gasteiger partial charge in [-0.05, 0) is 51.3 Å². The molecule has 1 atom stereocenters. The Morgan fingerprint density at radius 2 is 2.10 bits per heavy atom. The van der Waals surface area contributed by atoms with Crippen molar-refractivity contribution in [2.75, 3.05) is 13.2 Å². The van der Waals surface area contributed by atoms with Crippen molar-refractivity contribution in [3.05, 3.63) is 28.2 Å². The molecule has 1 aromatic carbocycles. The van der Waals surface area contributed by atoms with Crippen LogP contribution in [0.3, 0.4) is 0 Å². The van der Waals surface area contributed by atoms with Crippen molar-refractivity contribution in [1.29, 1.82) is 0 Å². The van der Waals surface area contributed by atoms with Gasteiger partial charge in [-0.3, -0.25) is 4.79 Å². The molecule has 5 heteroatoms. The predicted octanol–water partition coefficient (Wildman–Crippen LogP) is 4.00. The summed E-state index contributed by atoms with van der Waals surface area (Å²) in [7, 11) is 0. The number of unbranched alkanes of at least 4 members (excludes halogenated alkanes) is 2. The Morgan fingerprint density at radius 1 is 1.33 bits per heavy atom. The highest BCUT2D eigenvalue weighted by molar-refractivity contribution is 9.10. The van der Waals surface area contributed by atoms with Gasteiger partial charge in [0.25, 0.3) is 0 Å². The van der Waals surface area contributed by atoms with Crippen molar-refractivity contribution in [2.45, 2.75) is 45.6 Å². The predicted molar refractivity (Wildman–Crippen MR) is 85.4 cm³/mol. The number of carbonyl (C=O) groups is 1. The summed E-state index contributed by atoms with van der Waals surface area (Å²) < 4.78 is 11.5. The van der Waals surface area contributed by atoms with E-state index in [1.54, 1.807) is 6.92 Å². The summed E-state index contributed by atoms with van der Waals surface area (Å²) in [5.74, 6) is 0.571. The van der Waals surface area contributed by atoms with Gasteiger partial charge in [-0.15, -0.1) is 0 Å². The van der Waals surface area contributed by atoms with Crippen molar-refractivity contribution in [3.8, 4) is 5.75 Å². The van der Waals surface area contributed by atoms with E-state index in [-0.39, 0.29) is 5.97 Å². The third-order valence-corrected chi connectivity index (χ3v) is 3.50. The Kier molecular flexibility index (Phi) is 8.38. The molecule has 0 aliphatic carbocycles. The third kappa shape index (κ3) is 6.96. The van der Waals surface area contributed by atoms with Crippen LogP contribution in [-0.4, -0.2) is 24.3 Å². The molecule has 0 aliphatic heterocycles. The lowest BCUT2D eigenvalue weighted by molar-refractivity contribution is -0.143. The molecule has 0 spiro atoms. The minimum atomic E-state index is -0.568. The minimum Gasteiger partial charge on any atom is -0.493 e. The molecule has 4 nitrogen and oxygen atoms in total. The molecular weight excluding hydrogens is 336 g/mol. The summed E-state index contributed by atoms with van der Waals surface area (Å²) in [5.41, 5.74) is 0.774. The summed E-state index contributed by atoms with van der Waals surface area (Å²) >= 11 is 3.38. The van der Waals surface area contributed by atoms with Crippen molar-refractivity contribution >= 4 is 21.9 Å². The summed E-state index contributed by atoms with van der Waals surface area (Å²) in [6, 6.07) is 5.60. The Bertz CT molecular complexity index is 446. The maximum Gasteiger partial charge on any atom is 0.305 e. The lowest BCUT2D eigenvalue weighted by atomic mass is 10.1. The SMILES string of the molecule is CCOC(=O)CCCCCOc1ccc(Br)cc1C(C)O. The van der Waals surface area contributed by atoms with E-state index < -0.39 is 6.10 Å². The van der Waals surface area contributed by atoms with E-state index in [1.807, 2.05) is 25.1 Å². The second-order valence-corrected chi connectivity index (χ2v) is 5.74. The first-order valence-electron chi connectivity index (χ1n) is 7.30. The Morgan fingerprint density at radius 3 is 2.76 bits per heavy atom. The van der Waals surface area contributed by atoms with E-state index in [4.69, 9.17) is 9.47 Å². The quantitative estimate of drug-likeness (QED) is 0.535. The van der Waals surface area contributed by atoms with Gasteiger partial charge < -0.3 is 14.6 Å². The molecular formula is C16H23BrO4. The molecule has 118 valence electrons. The molecule has 1 unspecified atom stereocenters. The minimum absolute atomic E-state index is 0.136. The average Bonchev–Trinajstić information content (AvgIpc) is 2.44. The zero-order valence-electron chi connectivity index (χ0n) is 12.6. The Balaban J connectivity index is 2.28. The highest BCUT2D eigenvalue weighted by atomic mass is 79.9. The first-order chi connectivity index (χ1) is 10.0. The highest BCUT2D eigenvalue weighted by Gasteiger charge is 2.09. The molecule has 1 N–H and O–H groups in total. The molecule has 0 radical (unpaired) electrons. The number of ether oxygens (including phenoxy) is 2. The number of hydrogen-bond donors (Lipinski definition) is 1. The smallest absolute Gasteiger partial charge is 0.305 e. The monoisotopic (exact) mass is 358 g/mol. The summed E-state index contributed by atoms with van der Waals surface area (Å²) in [4.78, 5) is 11.2. The molecule has 21 heavy (non-hydrogen) atoms. The number of aliphatic hydroxyl groups is 1. The summed E-state index contributed by atoms with van der Waals surface area (Å²) in [6.45, 7) is 4.54. The van der Waals surface area contributed by atoms with E-state index in [0.717, 1.165) is 29.3 Å². The van der Waals surface area contributed by atoms with Crippen LogP contribution < -0.4 is 4.74 Å². The Labute approximate surface area is 134 Å². The highest BCUT2D eigenvalue weighted by Crippen LogP contribution is 2.28. The van der Waals surface area contributed by atoms with Gasteiger partial charge in [0.1, 0.15) is 5.75 Å². The number of halogens is 1. The molecule has 0 amide bonds. The van der Waals surface area contributed by atoms with Crippen molar-refractivity contribution in [2.24, 2.45) is 0 Å². The maximum atomic E-state index is 11.2. The van der Waals surface area contributed by atoms with Crippen LogP contribution in [0.2, 0.25) is 0 Å². The van der Waals surface area contributed by atoms with Crippen LogP contribution in [-0.2, 0) is 9.53 Å². The molecule has 1 aromatic rings. The van der Waals surface area contributed by atoms with Crippen LogP contribution in [0.15, 0.2) is 22.7 Å². The number of hydrogen-bond acceptors (Lipinski definition) is 4. The average molecular weight is 359 g/mol. The second kappa shape index (κ2) is 9.79. The maximum absolute atomic E-state index is 11.2. The van der Waals surface area contributed by atoms with Gasteiger partial charge in [-0.25, -0.2) is 0 Å². The molecule has 1 rings (SSSR count). The molecule has 0 saturated carbocycles.